The monoisotopic (exact) mass is 151 g/mol. The predicted molar refractivity (Wildman–Crippen MR) is 31.3 cm³/mol. The molecule has 1 fully saturated rings. The van der Waals surface area contributed by atoms with E-state index >= 15 is 0 Å². The molecule has 4 heteroatoms. The number of hydrogen-bond donors (Lipinski definition) is 0. The van der Waals surface area contributed by atoms with Crippen molar-refractivity contribution in [2.45, 2.75) is 5.92 Å². The van der Waals surface area contributed by atoms with Gasteiger partial charge in [-0.15, -0.1) is 0 Å². The van der Waals surface area contributed by atoms with Gasteiger partial charge in [0.15, 0.2) is 5.12 Å². The number of alkyl halides is 2. The third-order valence-electron chi connectivity index (χ3n) is 1.19. The number of hydrogen-bond acceptors (Lipinski definition) is 2. The van der Waals surface area contributed by atoms with Crippen molar-refractivity contribution in [3.05, 3.63) is 6.92 Å². The van der Waals surface area contributed by atoms with Crippen molar-refractivity contribution in [3.63, 3.8) is 0 Å². The van der Waals surface area contributed by atoms with Crippen LogP contribution in [0.4, 0.5) is 8.78 Å². The molecule has 0 saturated carbocycles. The van der Waals surface area contributed by atoms with Crippen LogP contribution in [0.25, 0.3) is 0 Å². The van der Waals surface area contributed by atoms with E-state index < -0.39 is 17.0 Å². The Bertz CT molecular complexity index is 140. The average molecular weight is 151 g/mol. The van der Waals surface area contributed by atoms with E-state index in [1.807, 2.05) is 0 Å². The van der Waals surface area contributed by atoms with Gasteiger partial charge in [-0.2, -0.15) is 0 Å². The second-order valence-electron chi connectivity index (χ2n) is 1.94. The summed E-state index contributed by atoms with van der Waals surface area (Å²) in [6.07, 6.45) is 0. The molecule has 0 aromatic carbocycles. The molecule has 1 saturated heterocycles. The molecule has 0 bridgehead atoms. The highest BCUT2D eigenvalue weighted by atomic mass is 32.2. The van der Waals surface area contributed by atoms with Crippen LogP contribution in [-0.4, -0.2) is 16.8 Å². The molecule has 1 atom stereocenters. The lowest BCUT2D eigenvalue weighted by Crippen LogP contribution is -2.39. The first-order valence-electron chi connectivity index (χ1n) is 2.41. The second-order valence-corrected chi connectivity index (χ2v) is 2.97. The number of carbonyl (C=O) groups is 1. The molecule has 0 aliphatic carbocycles. The summed E-state index contributed by atoms with van der Waals surface area (Å²) in [6.45, 7) is 2.58. The van der Waals surface area contributed by atoms with Crippen molar-refractivity contribution in [1.82, 2.24) is 0 Å². The Balaban J connectivity index is 2.54. The highest BCUT2D eigenvalue weighted by Gasteiger charge is 2.46. The van der Waals surface area contributed by atoms with Crippen molar-refractivity contribution in [2.75, 3.05) is 5.75 Å². The van der Waals surface area contributed by atoms with Gasteiger partial charge in [0.2, 0.25) is 0 Å². The van der Waals surface area contributed by atoms with Gasteiger partial charge in [0.1, 0.15) is 5.92 Å². The SMILES string of the molecule is [CH2]C(F)(F)C1CSC1=O. The maximum Gasteiger partial charge on any atom is 0.259 e. The third kappa shape index (κ3) is 1.23. The lowest BCUT2D eigenvalue weighted by Gasteiger charge is -2.27. The topological polar surface area (TPSA) is 17.1 Å². The summed E-state index contributed by atoms with van der Waals surface area (Å²) >= 11 is 0.936. The normalized spacial score (nSPS) is 27.9. The van der Waals surface area contributed by atoms with Crippen molar-refractivity contribution >= 4 is 16.9 Å². The van der Waals surface area contributed by atoms with Gasteiger partial charge in [0, 0.05) is 12.7 Å². The summed E-state index contributed by atoms with van der Waals surface area (Å²) in [6, 6.07) is 0. The van der Waals surface area contributed by atoms with Crippen molar-refractivity contribution in [2.24, 2.45) is 5.92 Å². The summed E-state index contributed by atoms with van der Waals surface area (Å²) in [5.74, 6) is -3.96. The van der Waals surface area contributed by atoms with E-state index in [1.54, 1.807) is 0 Å². The fourth-order valence-electron chi connectivity index (χ4n) is 0.529. The molecule has 1 aliphatic heterocycles. The van der Waals surface area contributed by atoms with E-state index in [1.165, 1.54) is 0 Å². The maximum atomic E-state index is 12.1. The lowest BCUT2D eigenvalue weighted by molar-refractivity contribution is -0.124. The molecular formula is C5H5F2OS. The number of carbonyl (C=O) groups excluding carboxylic acids is 1. The molecule has 1 rings (SSSR count). The van der Waals surface area contributed by atoms with E-state index in [4.69, 9.17) is 0 Å². The van der Waals surface area contributed by atoms with Gasteiger partial charge in [-0.3, -0.25) is 4.79 Å². The second kappa shape index (κ2) is 1.94. The largest absolute Gasteiger partial charge is 0.287 e. The Hall–Kier alpha value is -0.120. The number of rotatable bonds is 1. The van der Waals surface area contributed by atoms with Crippen LogP contribution in [0.15, 0.2) is 0 Å². The van der Waals surface area contributed by atoms with E-state index in [0.29, 0.717) is 0 Å². The zero-order valence-corrected chi connectivity index (χ0v) is 5.38. The quantitative estimate of drug-likeness (QED) is 0.562. The summed E-state index contributed by atoms with van der Waals surface area (Å²) in [4.78, 5) is 10.3. The molecular weight excluding hydrogens is 146 g/mol. The van der Waals surface area contributed by atoms with Crippen LogP contribution < -0.4 is 0 Å². The van der Waals surface area contributed by atoms with Crippen molar-refractivity contribution in [3.8, 4) is 0 Å². The van der Waals surface area contributed by atoms with Crippen LogP contribution >= 0.6 is 11.8 Å². The zero-order valence-electron chi connectivity index (χ0n) is 4.56. The van der Waals surface area contributed by atoms with Gasteiger partial charge in [-0.05, 0) is 0 Å². The number of thioether (sulfide) groups is 1. The Morgan fingerprint density at radius 1 is 1.78 bits per heavy atom. The zero-order chi connectivity index (χ0) is 7.07. The minimum Gasteiger partial charge on any atom is -0.287 e. The smallest absolute Gasteiger partial charge is 0.259 e. The molecule has 51 valence electrons. The first-order chi connectivity index (χ1) is 4.02. The summed E-state index contributed by atoms with van der Waals surface area (Å²) in [5, 5.41) is -0.435. The molecule has 1 radical (unpaired) electrons. The standard InChI is InChI=1S/C5H5F2OS/c1-5(6,7)3-2-9-4(3)8/h3H,1-2H2. The van der Waals surface area contributed by atoms with Crippen LogP contribution in [0.2, 0.25) is 0 Å². The van der Waals surface area contributed by atoms with Gasteiger partial charge in [0.05, 0.1) is 0 Å². The van der Waals surface area contributed by atoms with Crippen LogP contribution in [-0.2, 0) is 4.79 Å². The van der Waals surface area contributed by atoms with Gasteiger partial charge in [0.25, 0.3) is 5.92 Å². The molecule has 0 amide bonds. The van der Waals surface area contributed by atoms with Crippen LogP contribution in [0, 0.1) is 12.8 Å². The molecule has 1 heterocycles. The van der Waals surface area contributed by atoms with Gasteiger partial charge in [-0.25, -0.2) is 8.78 Å². The van der Waals surface area contributed by atoms with Gasteiger partial charge >= 0.3 is 0 Å². The van der Waals surface area contributed by atoms with Crippen LogP contribution in [0.5, 0.6) is 0 Å². The Kier molecular flexibility index (Phi) is 1.50. The van der Waals surface area contributed by atoms with Crippen LogP contribution in [0.1, 0.15) is 0 Å². The average Bonchev–Trinajstić information content (AvgIpc) is 1.57. The minimum absolute atomic E-state index is 0.218. The molecule has 0 aromatic heterocycles. The number of halogens is 2. The van der Waals surface area contributed by atoms with Gasteiger partial charge in [-0.1, -0.05) is 11.8 Å². The van der Waals surface area contributed by atoms with E-state index in [9.17, 15) is 13.6 Å². The van der Waals surface area contributed by atoms with Crippen LogP contribution in [0.3, 0.4) is 0 Å². The molecule has 1 aliphatic rings. The van der Waals surface area contributed by atoms with E-state index in [0.717, 1.165) is 11.8 Å². The van der Waals surface area contributed by atoms with Crippen molar-refractivity contribution in [1.29, 1.82) is 0 Å². The summed E-state index contributed by atoms with van der Waals surface area (Å²) in [7, 11) is 0. The molecule has 9 heavy (non-hydrogen) atoms. The lowest BCUT2D eigenvalue weighted by atomic mass is 10.1. The minimum atomic E-state index is -3.05. The summed E-state index contributed by atoms with van der Waals surface area (Å²) in [5.41, 5.74) is 0. The summed E-state index contributed by atoms with van der Waals surface area (Å²) < 4.78 is 24.1. The molecule has 0 N–H and O–H groups in total. The highest BCUT2D eigenvalue weighted by molar-refractivity contribution is 8.15. The van der Waals surface area contributed by atoms with Gasteiger partial charge < -0.3 is 0 Å². The first-order valence-corrected chi connectivity index (χ1v) is 3.40. The molecule has 1 nitrogen and oxygen atoms in total. The van der Waals surface area contributed by atoms with Crippen molar-refractivity contribution < 1.29 is 13.6 Å². The fourth-order valence-corrected chi connectivity index (χ4v) is 1.41. The fraction of sp³-hybridized carbons (Fsp3) is 0.600. The Morgan fingerprint density at radius 2 is 2.33 bits per heavy atom. The predicted octanol–water partition coefficient (Wildman–Crippen LogP) is 1.35. The third-order valence-corrected chi connectivity index (χ3v) is 2.26. The van der Waals surface area contributed by atoms with E-state index in [-0.39, 0.29) is 5.75 Å². The molecule has 0 spiro atoms. The first kappa shape index (κ1) is 6.99. The molecule has 1 unspecified atom stereocenters. The Labute approximate surface area is 55.8 Å². The van der Waals surface area contributed by atoms with E-state index in [2.05, 4.69) is 6.92 Å². The Morgan fingerprint density at radius 3 is 2.33 bits per heavy atom. The maximum absolute atomic E-state index is 12.1. The molecule has 0 aromatic rings. The highest BCUT2D eigenvalue weighted by Crippen LogP contribution is 2.38.